The summed E-state index contributed by atoms with van der Waals surface area (Å²) in [6.45, 7) is 0. The van der Waals surface area contributed by atoms with E-state index in [9.17, 15) is 0 Å². The van der Waals surface area contributed by atoms with E-state index in [-0.39, 0.29) is 0 Å². The number of benzene rings is 4. The van der Waals surface area contributed by atoms with E-state index in [4.69, 9.17) is 23.2 Å². The van der Waals surface area contributed by atoms with Crippen molar-refractivity contribution in [1.29, 1.82) is 0 Å². The summed E-state index contributed by atoms with van der Waals surface area (Å²) in [6.07, 6.45) is 0. The molecule has 0 aromatic heterocycles. The molecule has 2 N–H and O–H groups in total. The van der Waals surface area contributed by atoms with Crippen LogP contribution < -0.4 is 10.6 Å². The third kappa shape index (κ3) is 4.14. The molecule has 4 aromatic carbocycles. The maximum atomic E-state index is 5.97. The Morgan fingerprint density at radius 1 is 0.467 bits per heavy atom. The molecule has 2 heterocycles. The minimum atomic E-state index is 0.749. The Labute approximate surface area is 194 Å². The van der Waals surface area contributed by atoms with Gasteiger partial charge in [-0.2, -0.15) is 0 Å². The van der Waals surface area contributed by atoms with Crippen molar-refractivity contribution in [3.8, 4) is 0 Å². The predicted molar refractivity (Wildman–Crippen MR) is 131 cm³/mol. The van der Waals surface area contributed by atoms with Crippen LogP contribution >= 0.6 is 46.7 Å². The molecule has 0 aliphatic carbocycles. The van der Waals surface area contributed by atoms with Crippen LogP contribution in [0.3, 0.4) is 0 Å². The Hall–Kier alpha value is -2.24. The number of hydrogen-bond donors (Lipinski definition) is 2. The number of fused-ring (bicyclic) bond motifs is 4. The highest BCUT2D eigenvalue weighted by molar-refractivity contribution is 8.00. The number of para-hydroxylation sites is 2. The van der Waals surface area contributed by atoms with Crippen molar-refractivity contribution in [3.05, 3.63) is 95.0 Å². The lowest BCUT2D eigenvalue weighted by atomic mass is 10.2. The molecule has 148 valence electrons. The van der Waals surface area contributed by atoms with Gasteiger partial charge in [-0.3, -0.25) is 0 Å². The molecule has 0 bridgehead atoms. The minimum absolute atomic E-state index is 0.749. The first-order valence-corrected chi connectivity index (χ1v) is 11.7. The molecule has 0 atom stereocenters. The lowest BCUT2D eigenvalue weighted by molar-refractivity contribution is 1.31. The number of anilines is 4. The smallest absolute Gasteiger partial charge is 0.0527 e. The van der Waals surface area contributed by atoms with Gasteiger partial charge in [-0.1, -0.05) is 71.0 Å². The third-order valence-electron chi connectivity index (χ3n) is 4.64. The van der Waals surface area contributed by atoms with E-state index in [2.05, 4.69) is 59.2 Å². The van der Waals surface area contributed by atoms with Crippen molar-refractivity contribution >= 4 is 69.5 Å². The molecule has 0 unspecified atom stereocenters. The second kappa shape index (κ2) is 8.48. The summed E-state index contributed by atoms with van der Waals surface area (Å²) in [5.74, 6) is 0. The number of halogens is 2. The molecule has 0 amide bonds. The van der Waals surface area contributed by atoms with Gasteiger partial charge in [0.15, 0.2) is 0 Å². The zero-order valence-electron chi connectivity index (χ0n) is 15.7. The summed E-state index contributed by atoms with van der Waals surface area (Å²) in [5.41, 5.74) is 4.58. The molecule has 0 radical (unpaired) electrons. The Morgan fingerprint density at radius 2 is 0.867 bits per heavy atom. The van der Waals surface area contributed by atoms with Gasteiger partial charge in [0.2, 0.25) is 0 Å². The summed E-state index contributed by atoms with van der Waals surface area (Å²) in [4.78, 5) is 4.85. The maximum Gasteiger partial charge on any atom is 0.0527 e. The average molecular weight is 467 g/mol. The van der Waals surface area contributed by atoms with Gasteiger partial charge in [-0.25, -0.2) is 0 Å². The van der Waals surface area contributed by atoms with E-state index in [1.54, 1.807) is 11.8 Å². The van der Waals surface area contributed by atoms with Gasteiger partial charge >= 0.3 is 0 Å². The van der Waals surface area contributed by atoms with Crippen LogP contribution in [-0.4, -0.2) is 0 Å². The van der Waals surface area contributed by atoms with Crippen LogP contribution in [0.1, 0.15) is 0 Å². The topological polar surface area (TPSA) is 24.1 Å². The van der Waals surface area contributed by atoms with Crippen molar-refractivity contribution in [2.24, 2.45) is 0 Å². The van der Waals surface area contributed by atoms with Gasteiger partial charge in [0.25, 0.3) is 0 Å². The highest BCUT2D eigenvalue weighted by atomic mass is 35.5. The Balaban J connectivity index is 0.000000130. The van der Waals surface area contributed by atoms with Gasteiger partial charge in [0, 0.05) is 29.6 Å². The Kier molecular flexibility index (Phi) is 5.57. The molecule has 4 aromatic rings. The van der Waals surface area contributed by atoms with Crippen molar-refractivity contribution in [2.45, 2.75) is 19.6 Å². The highest BCUT2D eigenvalue weighted by Crippen LogP contribution is 2.46. The Bertz CT molecular complexity index is 1110. The molecular formula is C24H16Cl2N2S2. The van der Waals surface area contributed by atoms with Gasteiger partial charge < -0.3 is 10.6 Å². The van der Waals surface area contributed by atoms with Crippen LogP contribution in [0, 0.1) is 0 Å². The zero-order chi connectivity index (χ0) is 20.5. The monoisotopic (exact) mass is 466 g/mol. The fourth-order valence-corrected chi connectivity index (χ4v) is 5.74. The predicted octanol–water partition coefficient (Wildman–Crippen LogP) is 9.10. The van der Waals surface area contributed by atoms with Gasteiger partial charge in [0.1, 0.15) is 0 Å². The molecule has 0 spiro atoms. The molecule has 6 heteroatoms. The van der Waals surface area contributed by atoms with E-state index in [0.717, 1.165) is 31.2 Å². The molecule has 2 nitrogen and oxygen atoms in total. The van der Waals surface area contributed by atoms with Crippen LogP contribution in [0.15, 0.2) is 105 Å². The number of hydrogen-bond acceptors (Lipinski definition) is 4. The summed E-state index contributed by atoms with van der Waals surface area (Å²) < 4.78 is 0. The average Bonchev–Trinajstić information content (AvgIpc) is 2.76. The summed E-state index contributed by atoms with van der Waals surface area (Å²) in [7, 11) is 0. The van der Waals surface area contributed by atoms with E-state index in [0.29, 0.717) is 0 Å². The van der Waals surface area contributed by atoms with E-state index >= 15 is 0 Å². The lowest BCUT2D eigenvalue weighted by Crippen LogP contribution is -1.99. The van der Waals surface area contributed by atoms with Crippen LogP contribution in [0.5, 0.6) is 0 Å². The van der Waals surface area contributed by atoms with Gasteiger partial charge in [-0.05, 0) is 60.7 Å². The van der Waals surface area contributed by atoms with E-state index < -0.39 is 0 Å². The second-order valence-corrected chi connectivity index (χ2v) is 9.77. The summed E-state index contributed by atoms with van der Waals surface area (Å²) in [5, 5.41) is 8.27. The van der Waals surface area contributed by atoms with Crippen LogP contribution in [-0.2, 0) is 0 Å². The van der Waals surface area contributed by atoms with Crippen LogP contribution in [0.25, 0.3) is 0 Å². The number of nitrogens with one attached hydrogen (secondary N) is 2. The van der Waals surface area contributed by atoms with Crippen molar-refractivity contribution in [3.63, 3.8) is 0 Å². The quantitative estimate of drug-likeness (QED) is 0.233. The second-order valence-electron chi connectivity index (χ2n) is 6.73. The van der Waals surface area contributed by atoms with E-state index in [1.807, 2.05) is 48.2 Å². The van der Waals surface area contributed by atoms with Gasteiger partial charge in [0.05, 0.1) is 22.7 Å². The fraction of sp³-hybridized carbons (Fsp3) is 0. The van der Waals surface area contributed by atoms with Crippen molar-refractivity contribution in [1.82, 2.24) is 0 Å². The molecule has 2 aliphatic heterocycles. The first kappa shape index (κ1) is 19.7. The summed E-state index contributed by atoms with van der Waals surface area (Å²) >= 11 is 15.4. The molecule has 0 fully saturated rings. The molecule has 2 aliphatic rings. The molecule has 6 rings (SSSR count). The largest absolute Gasteiger partial charge is 0.354 e. The van der Waals surface area contributed by atoms with Crippen LogP contribution in [0.2, 0.25) is 10.0 Å². The number of rotatable bonds is 0. The highest BCUT2D eigenvalue weighted by Gasteiger charge is 2.16. The third-order valence-corrected chi connectivity index (χ3v) is 7.38. The molecule has 0 saturated carbocycles. The summed E-state index contributed by atoms with van der Waals surface area (Å²) in [6, 6.07) is 28.4. The van der Waals surface area contributed by atoms with Crippen molar-refractivity contribution in [2.75, 3.05) is 10.6 Å². The van der Waals surface area contributed by atoms with E-state index in [1.165, 1.54) is 21.2 Å². The maximum absolute atomic E-state index is 5.97. The molecule has 30 heavy (non-hydrogen) atoms. The normalized spacial score (nSPS) is 12.6. The molecular weight excluding hydrogens is 451 g/mol. The Morgan fingerprint density at radius 3 is 1.37 bits per heavy atom. The van der Waals surface area contributed by atoms with Crippen molar-refractivity contribution < 1.29 is 0 Å². The fourth-order valence-electron chi connectivity index (χ4n) is 3.21. The molecule has 0 saturated heterocycles. The lowest BCUT2D eigenvalue weighted by Gasteiger charge is -2.20. The van der Waals surface area contributed by atoms with Gasteiger partial charge in [-0.15, -0.1) is 0 Å². The first-order valence-electron chi connectivity index (χ1n) is 9.33. The SMILES string of the molecule is Clc1ccc2c(c1)Sc1cc(Cl)ccc1N2.c1ccc2c(c1)Nc1ccccc1S2. The standard InChI is InChI=1S/C12H7Cl2NS.C12H9NS/c13-7-1-3-9-11(5-7)16-12-6-8(14)2-4-10(12)15-9;1-3-7-11-9(5-1)13-10-6-2-4-8-12(10)14-11/h1-6,15H;1-8,13H. The first-order chi connectivity index (χ1) is 14.7. The minimum Gasteiger partial charge on any atom is -0.354 e. The zero-order valence-corrected chi connectivity index (χ0v) is 18.8. The van der Waals surface area contributed by atoms with Crippen LogP contribution in [0.4, 0.5) is 22.7 Å².